The minimum atomic E-state index is -0.449. The molecule has 2 amide bonds. The number of amides is 2. The molecule has 5 nitrogen and oxygen atoms in total. The summed E-state index contributed by atoms with van der Waals surface area (Å²) >= 11 is 0. The monoisotopic (exact) mass is 356 g/mol. The fourth-order valence-corrected chi connectivity index (χ4v) is 2.32. The molecule has 0 spiro atoms. The number of hydrogen-bond acceptors (Lipinski definition) is 3. The number of carbonyl (C=O) groups excluding carboxylic acids is 3. The molecule has 0 atom stereocenters. The molecule has 0 unspecified atom stereocenters. The first-order valence-corrected chi connectivity index (χ1v) is 8.27. The van der Waals surface area contributed by atoms with Gasteiger partial charge in [0.1, 0.15) is 5.82 Å². The molecule has 0 saturated heterocycles. The Morgan fingerprint density at radius 2 is 1.50 bits per heavy atom. The summed E-state index contributed by atoms with van der Waals surface area (Å²) in [6, 6.07) is 10.9. The van der Waals surface area contributed by atoms with Crippen molar-refractivity contribution in [3.05, 3.63) is 70.5 Å². The van der Waals surface area contributed by atoms with Gasteiger partial charge in [-0.1, -0.05) is 24.3 Å². The number of hydrogen-bond donors (Lipinski definition) is 2. The van der Waals surface area contributed by atoms with Crippen LogP contribution in [0.3, 0.4) is 0 Å². The molecule has 2 rings (SSSR count). The number of Topliss-reactive ketones (excluding diaryl/α,β-unsaturated/α-hetero) is 1. The molecular formula is C20H21FN2O3. The van der Waals surface area contributed by atoms with E-state index in [2.05, 4.69) is 10.9 Å². The molecule has 136 valence electrons. The molecule has 2 N–H and O–H groups in total. The van der Waals surface area contributed by atoms with Gasteiger partial charge in [0.2, 0.25) is 11.8 Å². The Hall–Kier alpha value is -3.02. The smallest absolute Gasteiger partial charge is 0.242 e. The summed E-state index contributed by atoms with van der Waals surface area (Å²) in [4.78, 5) is 35.6. The van der Waals surface area contributed by atoms with Crippen LogP contribution in [0.4, 0.5) is 4.39 Å². The van der Waals surface area contributed by atoms with Crippen molar-refractivity contribution in [2.24, 2.45) is 0 Å². The maximum Gasteiger partial charge on any atom is 0.242 e. The van der Waals surface area contributed by atoms with Crippen molar-refractivity contribution in [1.82, 2.24) is 10.9 Å². The van der Waals surface area contributed by atoms with E-state index in [9.17, 15) is 18.8 Å². The first-order valence-electron chi connectivity index (χ1n) is 8.27. The van der Waals surface area contributed by atoms with Gasteiger partial charge in [0.15, 0.2) is 5.78 Å². The third kappa shape index (κ3) is 5.81. The minimum Gasteiger partial charge on any atom is -0.294 e. The van der Waals surface area contributed by atoms with E-state index in [1.807, 2.05) is 19.9 Å². The van der Waals surface area contributed by atoms with Crippen LogP contribution in [0.15, 0.2) is 42.5 Å². The van der Waals surface area contributed by atoms with Crippen LogP contribution in [0.25, 0.3) is 0 Å². The third-order valence-electron chi connectivity index (χ3n) is 4.03. The van der Waals surface area contributed by atoms with Gasteiger partial charge in [0.25, 0.3) is 0 Å². The van der Waals surface area contributed by atoms with Crippen LogP contribution in [0.1, 0.15) is 39.9 Å². The van der Waals surface area contributed by atoms with E-state index in [-0.39, 0.29) is 30.9 Å². The van der Waals surface area contributed by atoms with Crippen LogP contribution in [0.2, 0.25) is 0 Å². The van der Waals surface area contributed by atoms with Gasteiger partial charge in [0, 0.05) is 18.4 Å². The summed E-state index contributed by atoms with van der Waals surface area (Å²) < 4.78 is 12.8. The Labute approximate surface area is 151 Å². The van der Waals surface area contributed by atoms with E-state index in [1.54, 1.807) is 12.1 Å². The molecular weight excluding hydrogens is 335 g/mol. The van der Waals surface area contributed by atoms with Crippen molar-refractivity contribution < 1.29 is 18.8 Å². The second kappa shape index (κ2) is 8.89. The standard InChI is InChI=1S/C20H21FN2O3/c1-13-3-6-16(11-14(13)2)18(24)9-10-19(25)22-23-20(26)12-15-4-7-17(21)8-5-15/h3-8,11H,9-10,12H2,1-2H3,(H,22,25)(H,23,26). The van der Waals surface area contributed by atoms with Crippen LogP contribution in [0, 0.1) is 19.7 Å². The molecule has 0 fully saturated rings. The zero-order valence-corrected chi connectivity index (χ0v) is 14.8. The molecule has 2 aromatic carbocycles. The van der Waals surface area contributed by atoms with Crippen LogP contribution >= 0.6 is 0 Å². The number of aryl methyl sites for hydroxylation is 2. The Bertz CT molecular complexity index is 816. The second-order valence-corrected chi connectivity index (χ2v) is 6.12. The summed E-state index contributed by atoms with van der Waals surface area (Å²) in [6.45, 7) is 3.89. The van der Waals surface area contributed by atoms with E-state index in [4.69, 9.17) is 0 Å². The van der Waals surface area contributed by atoms with Crippen molar-refractivity contribution >= 4 is 17.6 Å². The van der Waals surface area contributed by atoms with Gasteiger partial charge < -0.3 is 0 Å². The molecule has 0 bridgehead atoms. The van der Waals surface area contributed by atoms with E-state index in [1.165, 1.54) is 24.3 Å². The number of ketones is 1. The Morgan fingerprint density at radius 1 is 0.846 bits per heavy atom. The maximum atomic E-state index is 12.8. The van der Waals surface area contributed by atoms with Crippen LogP contribution < -0.4 is 10.9 Å². The predicted molar refractivity (Wildman–Crippen MR) is 95.9 cm³/mol. The normalized spacial score (nSPS) is 10.3. The second-order valence-electron chi connectivity index (χ2n) is 6.12. The van der Waals surface area contributed by atoms with Crippen molar-refractivity contribution in [3.63, 3.8) is 0 Å². The Balaban J connectivity index is 1.74. The zero-order chi connectivity index (χ0) is 19.1. The van der Waals surface area contributed by atoms with Gasteiger partial charge in [0.05, 0.1) is 6.42 Å². The summed E-state index contributed by atoms with van der Waals surface area (Å²) in [5, 5.41) is 0. The number of benzene rings is 2. The van der Waals surface area contributed by atoms with Crippen molar-refractivity contribution in [1.29, 1.82) is 0 Å². The van der Waals surface area contributed by atoms with E-state index in [0.717, 1.165) is 11.1 Å². The first-order chi connectivity index (χ1) is 12.3. The van der Waals surface area contributed by atoms with Gasteiger partial charge in [-0.25, -0.2) is 4.39 Å². The molecule has 0 aliphatic carbocycles. The largest absolute Gasteiger partial charge is 0.294 e. The van der Waals surface area contributed by atoms with Crippen molar-refractivity contribution in [3.8, 4) is 0 Å². The summed E-state index contributed by atoms with van der Waals surface area (Å²) in [7, 11) is 0. The SMILES string of the molecule is Cc1ccc(C(=O)CCC(=O)NNC(=O)Cc2ccc(F)cc2)cc1C. The van der Waals surface area contributed by atoms with Crippen LogP contribution in [0.5, 0.6) is 0 Å². The quantitative estimate of drug-likeness (QED) is 0.617. The molecule has 6 heteroatoms. The van der Waals surface area contributed by atoms with E-state index in [0.29, 0.717) is 11.1 Å². The topological polar surface area (TPSA) is 75.3 Å². The summed E-state index contributed by atoms with van der Waals surface area (Å²) in [5.41, 5.74) is 7.88. The maximum absolute atomic E-state index is 12.8. The van der Waals surface area contributed by atoms with E-state index < -0.39 is 11.8 Å². The first kappa shape index (κ1) is 19.3. The Morgan fingerprint density at radius 3 is 2.15 bits per heavy atom. The molecule has 0 radical (unpaired) electrons. The molecule has 2 aromatic rings. The van der Waals surface area contributed by atoms with Crippen molar-refractivity contribution in [2.75, 3.05) is 0 Å². The molecule has 0 aromatic heterocycles. The van der Waals surface area contributed by atoms with Gasteiger partial charge in [-0.15, -0.1) is 0 Å². The lowest BCUT2D eigenvalue weighted by Crippen LogP contribution is -2.42. The molecule has 0 aliphatic rings. The molecule has 0 saturated carbocycles. The predicted octanol–water partition coefficient (Wildman–Crippen LogP) is 2.80. The molecule has 0 heterocycles. The highest BCUT2D eigenvalue weighted by Crippen LogP contribution is 2.12. The fourth-order valence-electron chi connectivity index (χ4n) is 2.32. The lowest BCUT2D eigenvalue weighted by atomic mass is 10.0. The minimum absolute atomic E-state index is 0.0160. The highest BCUT2D eigenvalue weighted by molar-refractivity contribution is 5.98. The van der Waals surface area contributed by atoms with Crippen LogP contribution in [-0.2, 0) is 16.0 Å². The number of nitrogens with one attached hydrogen (secondary N) is 2. The fraction of sp³-hybridized carbons (Fsp3) is 0.250. The lowest BCUT2D eigenvalue weighted by molar-refractivity contribution is -0.128. The van der Waals surface area contributed by atoms with E-state index >= 15 is 0 Å². The highest BCUT2D eigenvalue weighted by Gasteiger charge is 2.11. The van der Waals surface area contributed by atoms with Gasteiger partial charge in [-0.05, 0) is 48.7 Å². The number of rotatable bonds is 6. The molecule has 26 heavy (non-hydrogen) atoms. The van der Waals surface area contributed by atoms with Gasteiger partial charge >= 0.3 is 0 Å². The van der Waals surface area contributed by atoms with Gasteiger partial charge in [-0.3, -0.25) is 25.2 Å². The zero-order valence-electron chi connectivity index (χ0n) is 14.8. The summed E-state index contributed by atoms with van der Waals surface area (Å²) in [6.07, 6.45) is 0.0485. The average molecular weight is 356 g/mol. The highest BCUT2D eigenvalue weighted by atomic mass is 19.1. The Kier molecular flexibility index (Phi) is 6.60. The lowest BCUT2D eigenvalue weighted by Gasteiger charge is -2.08. The number of carbonyl (C=O) groups is 3. The third-order valence-corrected chi connectivity index (χ3v) is 4.03. The number of hydrazine groups is 1. The van der Waals surface area contributed by atoms with Crippen LogP contribution in [-0.4, -0.2) is 17.6 Å². The van der Waals surface area contributed by atoms with Gasteiger partial charge in [-0.2, -0.15) is 0 Å². The van der Waals surface area contributed by atoms with Crippen molar-refractivity contribution in [2.45, 2.75) is 33.1 Å². The summed E-state index contributed by atoms with van der Waals surface area (Å²) in [5.74, 6) is -1.38. The average Bonchev–Trinajstić information content (AvgIpc) is 2.62. The molecule has 0 aliphatic heterocycles. The number of halogens is 1.